The van der Waals surface area contributed by atoms with Gasteiger partial charge < -0.3 is 16.2 Å². The van der Waals surface area contributed by atoms with Gasteiger partial charge in [-0.25, -0.2) is 4.98 Å². The van der Waals surface area contributed by atoms with E-state index in [0.717, 1.165) is 10.0 Å². The first-order valence-corrected chi connectivity index (χ1v) is 6.31. The van der Waals surface area contributed by atoms with Gasteiger partial charge in [0.2, 0.25) is 0 Å². The molecule has 1 atom stereocenters. The van der Waals surface area contributed by atoms with Crippen molar-refractivity contribution in [3.05, 3.63) is 10.0 Å². The normalized spacial score (nSPS) is 13.9. The van der Waals surface area contributed by atoms with Crippen molar-refractivity contribution < 1.29 is 5.11 Å². The summed E-state index contributed by atoms with van der Waals surface area (Å²) in [7, 11) is 0. The first kappa shape index (κ1) is 13.7. The number of hydrogen-bond acceptors (Lipinski definition) is 5. The van der Waals surface area contributed by atoms with E-state index in [1.807, 2.05) is 0 Å². The summed E-state index contributed by atoms with van der Waals surface area (Å²) in [4.78, 5) is 5.13. The van der Waals surface area contributed by atoms with Gasteiger partial charge >= 0.3 is 0 Å². The lowest BCUT2D eigenvalue weighted by Gasteiger charge is -2.19. The zero-order valence-corrected chi connectivity index (χ0v) is 11.3. The summed E-state index contributed by atoms with van der Waals surface area (Å²) in [6.45, 7) is 6.13. The van der Waals surface area contributed by atoms with Gasteiger partial charge in [0.1, 0.15) is 5.15 Å². The standard InChI is InChI=1S/C10H18ClN3OS/c1-10(2,3)14-9-13-8(11)7(16-9)4-6(12)5-15/h6,15H,4-5,12H2,1-3H3,(H,13,14). The molecule has 0 aliphatic rings. The van der Waals surface area contributed by atoms with E-state index in [9.17, 15) is 0 Å². The SMILES string of the molecule is CC(C)(C)Nc1nc(Cl)c(CC(N)CO)s1. The van der Waals surface area contributed by atoms with Crippen LogP contribution in [0.25, 0.3) is 0 Å². The van der Waals surface area contributed by atoms with Crippen molar-refractivity contribution in [3.8, 4) is 0 Å². The van der Waals surface area contributed by atoms with Crippen LogP contribution in [0.3, 0.4) is 0 Å². The topological polar surface area (TPSA) is 71.2 Å². The van der Waals surface area contributed by atoms with Gasteiger partial charge in [-0.1, -0.05) is 11.6 Å². The Labute approximate surface area is 105 Å². The van der Waals surface area contributed by atoms with E-state index in [2.05, 4.69) is 31.1 Å². The summed E-state index contributed by atoms with van der Waals surface area (Å²) in [6, 6.07) is -0.277. The highest BCUT2D eigenvalue weighted by Gasteiger charge is 2.16. The van der Waals surface area contributed by atoms with Crippen molar-refractivity contribution in [1.29, 1.82) is 0 Å². The highest BCUT2D eigenvalue weighted by atomic mass is 35.5. The molecule has 0 bridgehead atoms. The summed E-state index contributed by atoms with van der Waals surface area (Å²) >= 11 is 7.48. The number of nitrogens with two attached hydrogens (primary N) is 1. The molecular formula is C10H18ClN3OS. The van der Waals surface area contributed by atoms with Gasteiger partial charge in [0, 0.05) is 22.9 Å². The fourth-order valence-electron chi connectivity index (χ4n) is 1.14. The summed E-state index contributed by atoms with van der Waals surface area (Å²) in [5.41, 5.74) is 5.62. The number of thiazole rings is 1. The third-order valence-corrected chi connectivity index (χ3v) is 3.23. The predicted molar refractivity (Wildman–Crippen MR) is 69.3 cm³/mol. The number of aromatic nitrogens is 1. The van der Waals surface area contributed by atoms with Crippen molar-refractivity contribution >= 4 is 28.1 Å². The first-order valence-electron chi connectivity index (χ1n) is 5.11. The van der Waals surface area contributed by atoms with Crippen LogP contribution in [0.1, 0.15) is 25.6 Å². The van der Waals surface area contributed by atoms with Crippen LogP contribution in [0.2, 0.25) is 5.15 Å². The lowest BCUT2D eigenvalue weighted by atomic mass is 10.1. The molecule has 6 heteroatoms. The predicted octanol–water partition coefficient (Wildman–Crippen LogP) is 1.87. The second-order valence-electron chi connectivity index (χ2n) is 4.75. The first-order chi connectivity index (χ1) is 7.31. The molecule has 0 aromatic carbocycles. The van der Waals surface area contributed by atoms with E-state index < -0.39 is 0 Å². The summed E-state index contributed by atoms with van der Waals surface area (Å²) in [6.07, 6.45) is 0.554. The maximum Gasteiger partial charge on any atom is 0.184 e. The molecule has 0 fully saturated rings. The summed E-state index contributed by atoms with van der Waals surface area (Å²) < 4.78 is 0. The zero-order valence-electron chi connectivity index (χ0n) is 9.75. The van der Waals surface area contributed by atoms with Crippen molar-refractivity contribution in [2.75, 3.05) is 11.9 Å². The van der Waals surface area contributed by atoms with Gasteiger partial charge in [0.25, 0.3) is 0 Å². The summed E-state index contributed by atoms with van der Waals surface area (Å²) in [5.74, 6) is 0. The Morgan fingerprint density at radius 2 is 2.19 bits per heavy atom. The van der Waals surface area contributed by atoms with Gasteiger partial charge in [0.05, 0.1) is 6.61 Å². The number of nitrogens with one attached hydrogen (secondary N) is 1. The van der Waals surface area contributed by atoms with Crippen LogP contribution in [0.5, 0.6) is 0 Å². The minimum absolute atomic E-state index is 0.0441. The van der Waals surface area contributed by atoms with Crippen LogP contribution < -0.4 is 11.1 Å². The fraction of sp³-hybridized carbons (Fsp3) is 0.700. The molecule has 0 aliphatic carbocycles. The number of halogens is 1. The van der Waals surface area contributed by atoms with Crippen LogP contribution in [-0.2, 0) is 6.42 Å². The average molecular weight is 264 g/mol. The Balaban J connectivity index is 2.74. The monoisotopic (exact) mass is 263 g/mol. The van der Waals surface area contributed by atoms with E-state index in [0.29, 0.717) is 11.6 Å². The maximum atomic E-state index is 8.88. The quantitative estimate of drug-likeness (QED) is 0.776. The smallest absolute Gasteiger partial charge is 0.184 e. The molecule has 92 valence electrons. The van der Waals surface area contributed by atoms with E-state index in [-0.39, 0.29) is 18.2 Å². The Morgan fingerprint density at radius 1 is 1.56 bits per heavy atom. The Kier molecular flexibility index (Phi) is 4.55. The fourth-order valence-corrected chi connectivity index (χ4v) is 2.62. The Morgan fingerprint density at radius 3 is 2.69 bits per heavy atom. The van der Waals surface area contributed by atoms with E-state index >= 15 is 0 Å². The molecule has 1 heterocycles. The lowest BCUT2D eigenvalue weighted by Crippen LogP contribution is -2.26. The molecule has 0 spiro atoms. The molecule has 0 saturated carbocycles. The van der Waals surface area contributed by atoms with Gasteiger partial charge in [-0.15, -0.1) is 11.3 Å². The number of aliphatic hydroxyl groups excluding tert-OH is 1. The molecule has 0 saturated heterocycles. The molecular weight excluding hydrogens is 246 g/mol. The summed E-state index contributed by atoms with van der Waals surface area (Å²) in [5, 5.41) is 13.4. The van der Waals surface area contributed by atoms with Crippen molar-refractivity contribution in [2.45, 2.75) is 38.8 Å². The van der Waals surface area contributed by atoms with E-state index in [1.54, 1.807) is 0 Å². The van der Waals surface area contributed by atoms with Crippen molar-refractivity contribution in [1.82, 2.24) is 4.98 Å². The largest absolute Gasteiger partial charge is 0.395 e. The Hall–Kier alpha value is -0.360. The molecule has 4 N–H and O–H groups in total. The highest BCUT2D eigenvalue weighted by Crippen LogP contribution is 2.29. The number of nitrogens with zero attached hydrogens (tertiary/aromatic N) is 1. The second-order valence-corrected chi connectivity index (χ2v) is 6.20. The number of anilines is 1. The van der Waals surface area contributed by atoms with Crippen LogP contribution in [0.4, 0.5) is 5.13 Å². The van der Waals surface area contributed by atoms with Crippen molar-refractivity contribution in [2.24, 2.45) is 5.73 Å². The molecule has 16 heavy (non-hydrogen) atoms. The minimum atomic E-state index is -0.277. The van der Waals surface area contributed by atoms with Gasteiger partial charge in [-0.05, 0) is 20.8 Å². The zero-order chi connectivity index (χ0) is 12.3. The number of aliphatic hydroxyl groups is 1. The average Bonchev–Trinajstić information content (AvgIpc) is 2.43. The number of rotatable bonds is 4. The van der Waals surface area contributed by atoms with E-state index in [1.165, 1.54) is 11.3 Å². The van der Waals surface area contributed by atoms with Crippen LogP contribution in [0, 0.1) is 0 Å². The molecule has 1 rings (SSSR count). The third-order valence-electron chi connectivity index (χ3n) is 1.81. The molecule has 1 aromatic heterocycles. The molecule has 0 radical (unpaired) electrons. The van der Waals surface area contributed by atoms with Crippen LogP contribution >= 0.6 is 22.9 Å². The maximum absolute atomic E-state index is 8.88. The molecule has 1 aromatic rings. The third kappa shape index (κ3) is 4.25. The highest BCUT2D eigenvalue weighted by molar-refractivity contribution is 7.16. The molecule has 1 unspecified atom stereocenters. The second kappa shape index (κ2) is 5.31. The van der Waals surface area contributed by atoms with Crippen LogP contribution in [0.15, 0.2) is 0 Å². The van der Waals surface area contributed by atoms with Crippen molar-refractivity contribution in [3.63, 3.8) is 0 Å². The molecule has 4 nitrogen and oxygen atoms in total. The molecule has 0 aliphatic heterocycles. The Bertz CT molecular complexity index is 348. The van der Waals surface area contributed by atoms with E-state index in [4.69, 9.17) is 22.4 Å². The minimum Gasteiger partial charge on any atom is -0.395 e. The van der Waals surface area contributed by atoms with Gasteiger partial charge in [0.15, 0.2) is 5.13 Å². The number of hydrogen-bond donors (Lipinski definition) is 3. The lowest BCUT2D eigenvalue weighted by molar-refractivity contribution is 0.265. The van der Waals surface area contributed by atoms with Crippen LogP contribution in [-0.4, -0.2) is 28.3 Å². The van der Waals surface area contributed by atoms with Gasteiger partial charge in [-0.2, -0.15) is 0 Å². The molecule has 0 amide bonds. The van der Waals surface area contributed by atoms with Gasteiger partial charge in [-0.3, -0.25) is 0 Å².